The number of thiophene rings is 1. The summed E-state index contributed by atoms with van der Waals surface area (Å²) in [5.74, 6) is 0.324. The lowest BCUT2D eigenvalue weighted by Crippen LogP contribution is -2.20. The number of carbonyl (C=O) groups is 1. The normalized spacial score (nSPS) is 10.2. The predicted octanol–water partition coefficient (Wildman–Crippen LogP) is 4.22. The van der Waals surface area contributed by atoms with Crippen LogP contribution in [0.4, 0.5) is 10.7 Å². The van der Waals surface area contributed by atoms with E-state index in [1.807, 2.05) is 38.1 Å². The molecule has 0 bridgehead atoms. The average molecular weight is 364 g/mol. The van der Waals surface area contributed by atoms with Gasteiger partial charge in [0.05, 0.1) is 25.5 Å². The molecule has 0 spiro atoms. The van der Waals surface area contributed by atoms with Gasteiger partial charge in [-0.15, -0.1) is 11.3 Å². The molecule has 0 saturated carbocycles. The van der Waals surface area contributed by atoms with Crippen LogP contribution in [0.15, 0.2) is 24.3 Å². The largest absolute Gasteiger partial charge is 0.495 e. The van der Waals surface area contributed by atoms with Crippen molar-refractivity contribution in [3.05, 3.63) is 40.3 Å². The van der Waals surface area contributed by atoms with Gasteiger partial charge in [0.1, 0.15) is 10.8 Å². The summed E-state index contributed by atoms with van der Waals surface area (Å²) in [7, 11) is 2.98. The van der Waals surface area contributed by atoms with E-state index in [0.29, 0.717) is 21.4 Å². The van der Waals surface area contributed by atoms with E-state index < -0.39 is 0 Å². The van der Waals surface area contributed by atoms with E-state index in [2.05, 4.69) is 10.6 Å². The second-order valence-corrected chi connectivity index (χ2v) is 6.60. The Kier molecular flexibility index (Phi) is 6.16. The van der Waals surface area contributed by atoms with Gasteiger partial charge in [-0.05, 0) is 43.3 Å². The molecule has 0 fully saturated rings. The summed E-state index contributed by atoms with van der Waals surface area (Å²) in [6.07, 6.45) is 0.751. The van der Waals surface area contributed by atoms with Crippen LogP contribution in [0.3, 0.4) is 0 Å². The molecule has 0 aliphatic heterocycles. The Morgan fingerprint density at radius 1 is 1.25 bits per heavy atom. The fraction of sp³-hybridized carbons (Fsp3) is 0.294. The molecule has 0 aliphatic rings. The number of hydrogen-bond donors (Lipinski definition) is 2. The van der Waals surface area contributed by atoms with Crippen LogP contribution in [0, 0.1) is 6.92 Å². The number of rotatable bonds is 5. The van der Waals surface area contributed by atoms with E-state index in [9.17, 15) is 4.79 Å². The number of anilines is 2. The second-order valence-electron chi connectivity index (χ2n) is 4.97. The number of methoxy groups -OCH3 is 2. The molecule has 0 saturated heterocycles. The Morgan fingerprint density at radius 3 is 2.58 bits per heavy atom. The summed E-state index contributed by atoms with van der Waals surface area (Å²) in [6.45, 7) is 3.99. The van der Waals surface area contributed by atoms with Crippen LogP contribution in [0.1, 0.15) is 27.7 Å². The highest BCUT2D eigenvalue weighted by molar-refractivity contribution is 7.80. The Labute approximate surface area is 151 Å². The second kappa shape index (κ2) is 8.12. The van der Waals surface area contributed by atoms with Crippen molar-refractivity contribution < 1.29 is 14.3 Å². The van der Waals surface area contributed by atoms with Gasteiger partial charge in [0.15, 0.2) is 5.11 Å². The first kappa shape index (κ1) is 18.2. The first-order valence-corrected chi connectivity index (χ1v) is 8.65. The van der Waals surface area contributed by atoms with E-state index in [-0.39, 0.29) is 5.97 Å². The van der Waals surface area contributed by atoms with Crippen molar-refractivity contribution in [3.63, 3.8) is 0 Å². The fourth-order valence-corrected chi connectivity index (χ4v) is 3.83. The molecular weight excluding hydrogens is 344 g/mol. The third-order valence-corrected chi connectivity index (χ3v) is 4.80. The first-order valence-electron chi connectivity index (χ1n) is 7.43. The highest BCUT2D eigenvalue weighted by Gasteiger charge is 2.22. The summed E-state index contributed by atoms with van der Waals surface area (Å²) in [5, 5.41) is 7.26. The van der Waals surface area contributed by atoms with Crippen LogP contribution in [0.5, 0.6) is 5.75 Å². The zero-order chi connectivity index (χ0) is 17.7. The molecule has 2 rings (SSSR count). The van der Waals surface area contributed by atoms with Gasteiger partial charge in [0.2, 0.25) is 0 Å². The van der Waals surface area contributed by atoms with Crippen molar-refractivity contribution in [2.45, 2.75) is 20.3 Å². The zero-order valence-electron chi connectivity index (χ0n) is 14.1. The number of thiocarbonyl (C=S) groups is 1. The third kappa shape index (κ3) is 3.85. The van der Waals surface area contributed by atoms with Gasteiger partial charge in [-0.3, -0.25) is 0 Å². The smallest absolute Gasteiger partial charge is 0.341 e. The molecule has 24 heavy (non-hydrogen) atoms. The lowest BCUT2D eigenvalue weighted by Gasteiger charge is -2.13. The van der Waals surface area contributed by atoms with Crippen molar-refractivity contribution in [1.82, 2.24) is 0 Å². The van der Waals surface area contributed by atoms with Gasteiger partial charge in [-0.2, -0.15) is 0 Å². The van der Waals surface area contributed by atoms with E-state index in [1.165, 1.54) is 18.4 Å². The van der Waals surface area contributed by atoms with Crippen LogP contribution >= 0.6 is 23.6 Å². The topological polar surface area (TPSA) is 59.6 Å². The highest BCUT2D eigenvalue weighted by Crippen LogP contribution is 2.34. The summed E-state index contributed by atoms with van der Waals surface area (Å²) in [6, 6.07) is 7.48. The molecule has 7 heteroatoms. The van der Waals surface area contributed by atoms with Gasteiger partial charge >= 0.3 is 5.97 Å². The maximum absolute atomic E-state index is 12.1. The zero-order valence-corrected chi connectivity index (χ0v) is 15.7. The molecule has 128 valence electrons. The standard InChI is InChI=1S/C17H20N2O3S2/c1-5-11-10(2)24-15(14(11)16(20)22-4)19-17(23)18-12-8-6-7-9-13(12)21-3/h6-9H,5H2,1-4H3,(H2,18,19,23). The van der Waals surface area contributed by atoms with Gasteiger partial charge in [0, 0.05) is 4.88 Å². The minimum Gasteiger partial charge on any atom is -0.495 e. The molecule has 0 aliphatic carbocycles. The molecule has 0 radical (unpaired) electrons. The molecule has 2 N–H and O–H groups in total. The quantitative estimate of drug-likeness (QED) is 0.612. The summed E-state index contributed by atoms with van der Waals surface area (Å²) >= 11 is 6.86. The van der Waals surface area contributed by atoms with E-state index in [0.717, 1.165) is 22.5 Å². The maximum atomic E-state index is 12.1. The number of ether oxygens (including phenoxy) is 2. The Bertz CT molecular complexity index is 756. The molecular formula is C17H20N2O3S2. The van der Waals surface area contributed by atoms with Gasteiger partial charge < -0.3 is 20.1 Å². The van der Waals surface area contributed by atoms with Crippen molar-refractivity contribution >= 4 is 45.3 Å². The number of aryl methyl sites for hydroxylation is 1. The molecule has 1 heterocycles. The minimum atomic E-state index is -0.362. The van der Waals surface area contributed by atoms with Crippen molar-refractivity contribution in [2.75, 3.05) is 24.9 Å². The molecule has 1 aromatic heterocycles. The summed E-state index contributed by atoms with van der Waals surface area (Å²) in [5.41, 5.74) is 2.28. The molecule has 1 aromatic carbocycles. The Hall–Kier alpha value is -2.12. The Morgan fingerprint density at radius 2 is 1.96 bits per heavy atom. The predicted molar refractivity (Wildman–Crippen MR) is 103 cm³/mol. The van der Waals surface area contributed by atoms with Crippen molar-refractivity contribution in [3.8, 4) is 5.75 Å². The van der Waals surface area contributed by atoms with Crippen molar-refractivity contribution in [1.29, 1.82) is 0 Å². The summed E-state index contributed by atoms with van der Waals surface area (Å²) < 4.78 is 10.2. The molecule has 0 unspecified atom stereocenters. The number of nitrogens with one attached hydrogen (secondary N) is 2. The van der Waals surface area contributed by atoms with Crippen LogP contribution < -0.4 is 15.4 Å². The molecule has 0 amide bonds. The van der Waals surface area contributed by atoms with Gasteiger partial charge in [-0.25, -0.2) is 4.79 Å². The fourth-order valence-electron chi connectivity index (χ4n) is 2.42. The average Bonchev–Trinajstić information content (AvgIpc) is 2.89. The van der Waals surface area contributed by atoms with Gasteiger partial charge in [0.25, 0.3) is 0 Å². The molecule has 2 aromatic rings. The summed E-state index contributed by atoms with van der Waals surface area (Å²) in [4.78, 5) is 13.2. The number of esters is 1. The highest BCUT2D eigenvalue weighted by atomic mass is 32.1. The number of carbonyl (C=O) groups excluding carboxylic acids is 1. The molecule has 5 nitrogen and oxygen atoms in total. The monoisotopic (exact) mass is 364 g/mol. The third-order valence-electron chi connectivity index (χ3n) is 3.53. The van der Waals surface area contributed by atoms with Gasteiger partial charge in [-0.1, -0.05) is 19.1 Å². The lowest BCUT2D eigenvalue weighted by atomic mass is 10.1. The van der Waals surface area contributed by atoms with Crippen LogP contribution in [-0.4, -0.2) is 25.3 Å². The number of benzene rings is 1. The van der Waals surface area contributed by atoms with Crippen LogP contribution in [-0.2, 0) is 11.2 Å². The minimum absolute atomic E-state index is 0.362. The van der Waals surface area contributed by atoms with E-state index >= 15 is 0 Å². The van der Waals surface area contributed by atoms with Crippen LogP contribution in [0.25, 0.3) is 0 Å². The lowest BCUT2D eigenvalue weighted by molar-refractivity contribution is 0.0601. The maximum Gasteiger partial charge on any atom is 0.341 e. The first-order chi connectivity index (χ1) is 11.5. The van der Waals surface area contributed by atoms with E-state index in [4.69, 9.17) is 21.7 Å². The Balaban J connectivity index is 2.24. The number of para-hydroxylation sites is 2. The number of hydrogen-bond acceptors (Lipinski definition) is 5. The SMILES string of the molecule is CCc1c(C)sc(NC(=S)Nc2ccccc2OC)c1C(=O)OC. The van der Waals surface area contributed by atoms with E-state index in [1.54, 1.807) is 7.11 Å². The molecule has 0 atom stereocenters. The van der Waals surface area contributed by atoms with Crippen molar-refractivity contribution in [2.24, 2.45) is 0 Å². The van der Waals surface area contributed by atoms with Crippen LogP contribution in [0.2, 0.25) is 0 Å².